The molecule has 2 N–H and O–H groups in total. The van der Waals surface area contributed by atoms with E-state index in [1.165, 1.54) is 13.2 Å². The molecule has 2 unspecified atom stereocenters. The third-order valence-corrected chi connectivity index (χ3v) is 5.38. The predicted molar refractivity (Wildman–Crippen MR) is 76.0 cm³/mol. The average molecular weight is 299 g/mol. The van der Waals surface area contributed by atoms with Gasteiger partial charge in [0.2, 0.25) is 10.0 Å². The quantitative estimate of drug-likeness (QED) is 0.867. The number of hydrogen-bond donors (Lipinski definition) is 2. The summed E-state index contributed by atoms with van der Waals surface area (Å²) in [6, 6.07) is 4.65. The molecule has 1 fully saturated rings. The molecule has 0 amide bonds. The van der Waals surface area contributed by atoms with Gasteiger partial charge < -0.3 is 9.84 Å². The van der Waals surface area contributed by atoms with Crippen LogP contribution in [0, 0.1) is 5.92 Å². The van der Waals surface area contributed by atoms with E-state index in [1.807, 2.05) is 0 Å². The highest BCUT2D eigenvalue weighted by Gasteiger charge is 2.29. The van der Waals surface area contributed by atoms with E-state index in [4.69, 9.17) is 9.84 Å². The molecule has 0 radical (unpaired) electrons. The van der Waals surface area contributed by atoms with Crippen LogP contribution in [0.1, 0.15) is 31.7 Å². The Morgan fingerprint density at radius 3 is 2.70 bits per heavy atom. The van der Waals surface area contributed by atoms with E-state index in [-0.39, 0.29) is 17.5 Å². The van der Waals surface area contributed by atoms with Crippen LogP contribution in [0.2, 0.25) is 0 Å². The normalized spacial score (nSPS) is 22.9. The highest BCUT2D eigenvalue weighted by molar-refractivity contribution is 7.89. The van der Waals surface area contributed by atoms with Gasteiger partial charge in [-0.2, -0.15) is 0 Å². The van der Waals surface area contributed by atoms with Crippen LogP contribution in [0.15, 0.2) is 23.1 Å². The minimum atomic E-state index is -3.64. The summed E-state index contributed by atoms with van der Waals surface area (Å²) < 4.78 is 32.9. The maximum atomic E-state index is 12.5. The number of methoxy groups -OCH3 is 1. The van der Waals surface area contributed by atoms with Crippen molar-refractivity contribution in [1.29, 1.82) is 0 Å². The average Bonchev–Trinajstić information content (AvgIpc) is 2.83. The van der Waals surface area contributed by atoms with Gasteiger partial charge in [0.15, 0.2) is 0 Å². The van der Waals surface area contributed by atoms with Crippen LogP contribution in [-0.4, -0.2) is 26.7 Å². The molecule has 20 heavy (non-hydrogen) atoms. The lowest BCUT2D eigenvalue weighted by atomic mass is 10.1. The Hall–Kier alpha value is -1.11. The zero-order valence-corrected chi connectivity index (χ0v) is 12.6. The molecule has 0 spiro atoms. The summed E-state index contributed by atoms with van der Waals surface area (Å²) in [6.07, 6.45) is 2.95. The van der Waals surface area contributed by atoms with Gasteiger partial charge >= 0.3 is 0 Å². The van der Waals surface area contributed by atoms with Crippen molar-refractivity contribution in [3.63, 3.8) is 0 Å². The van der Waals surface area contributed by atoms with Crippen molar-refractivity contribution in [2.45, 2.75) is 43.7 Å². The highest BCUT2D eigenvalue weighted by atomic mass is 32.2. The van der Waals surface area contributed by atoms with Crippen molar-refractivity contribution in [2.75, 3.05) is 7.11 Å². The molecule has 6 heteroatoms. The lowest BCUT2D eigenvalue weighted by Gasteiger charge is -2.19. The molecular formula is C14H21NO4S. The zero-order valence-electron chi connectivity index (χ0n) is 11.8. The first-order chi connectivity index (χ1) is 9.47. The molecule has 2 atom stereocenters. The first kappa shape index (κ1) is 15.3. The summed E-state index contributed by atoms with van der Waals surface area (Å²) in [5.74, 6) is 0.636. The lowest BCUT2D eigenvalue weighted by molar-refractivity contribution is 0.281. The van der Waals surface area contributed by atoms with Crippen LogP contribution in [0.3, 0.4) is 0 Å². The van der Waals surface area contributed by atoms with Crippen LogP contribution in [-0.2, 0) is 16.6 Å². The fourth-order valence-corrected chi connectivity index (χ4v) is 4.21. The summed E-state index contributed by atoms with van der Waals surface area (Å²) in [5, 5.41) is 9.16. The molecule has 0 aromatic heterocycles. The van der Waals surface area contributed by atoms with Gasteiger partial charge in [-0.25, -0.2) is 13.1 Å². The van der Waals surface area contributed by atoms with Crippen molar-refractivity contribution in [3.05, 3.63) is 23.8 Å². The maximum Gasteiger partial charge on any atom is 0.244 e. The van der Waals surface area contributed by atoms with Gasteiger partial charge in [0.25, 0.3) is 0 Å². The first-order valence-electron chi connectivity index (χ1n) is 6.78. The second-order valence-electron chi connectivity index (χ2n) is 5.28. The Morgan fingerprint density at radius 2 is 2.15 bits per heavy atom. The Labute approximate surface area is 120 Å². The second kappa shape index (κ2) is 6.11. The predicted octanol–water partition coefficient (Wildman–Crippen LogP) is 1.65. The topological polar surface area (TPSA) is 75.6 Å². The molecular weight excluding hydrogens is 278 g/mol. The fraction of sp³-hybridized carbons (Fsp3) is 0.571. The van der Waals surface area contributed by atoms with Crippen LogP contribution in [0.5, 0.6) is 5.75 Å². The van der Waals surface area contributed by atoms with E-state index in [9.17, 15) is 8.42 Å². The minimum Gasteiger partial charge on any atom is -0.495 e. The van der Waals surface area contributed by atoms with Gasteiger partial charge in [0.1, 0.15) is 10.6 Å². The Morgan fingerprint density at radius 1 is 1.40 bits per heavy atom. The number of aliphatic hydroxyl groups excluding tert-OH is 1. The van der Waals surface area contributed by atoms with E-state index in [0.717, 1.165) is 19.3 Å². The zero-order chi connectivity index (χ0) is 14.8. The van der Waals surface area contributed by atoms with Crippen molar-refractivity contribution in [1.82, 2.24) is 4.72 Å². The molecule has 1 aromatic carbocycles. The Balaban J connectivity index is 2.32. The van der Waals surface area contributed by atoms with Crippen molar-refractivity contribution >= 4 is 10.0 Å². The Kier molecular flexibility index (Phi) is 4.67. The molecule has 1 aliphatic carbocycles. The number of sulfonamides is 1. The third-order valence-electron chi connectivity index (χ3n) is 3.87. The summed E-state index contributed by atoms with van der Waals surface area (Å²) >= 11 is 0. The molecule has 5 nitrogen and oxygen atoms in total. The van der Waals surface area contributed by atoms with E-state index in [1.54, 1.807) is 12.1 Å². The van der Waals surface area contributed by atoms with Crippen LogP contribution >= 0.6 is 0 Å². The van der Waals surface area contributed by atoms with Crippen LogP contribution < -0.4 is 9.46 Å². The minimum absolute atomic E-state index is 0.0255. The molecule has 0 bridgehead atoms. The Bertz CT molecular complexity index is 571. The van der Waals surface area contributed by atoms with Gasteiger partial charge in [-0.3, -0.25) is 0 Å². The van der Waals surface area contributed by atoms with Gasteiger partial charge in [-0.1, -0.05) is 19.4 Å². The monoisotopic (exact) mass is 299 g/mol. The molecule has 0 heterocycles. The maximum absolute atomic E-state index is 12.5. The van der Waals surface area contributed by atoms with Crippen molar-refractivity contribution < 1.29 is 18.3 Å². The highest BCUT2D eigenvalue weighted by Crippen LogP contribution is 2.29. The second-order valence-corrected chi connectivity index (χ2v) is 6.96. The number of nitrogens with one attached hydrogen (secondary N) is 1. The van der Waals surface area contributed by atoms with E-state index < -0.39 is 10.0 Å². The van der Waals surface area contributed by atoms with Gasteiger partial charge in [-0.15, -0.1) is 0 Å². The molecule has 1 aromatic rings. The van der Waals surface area contributed by atoms with Crippen molar-refractivity contribution in [3.8, 4) is 5.75 Å². The number of benzene rings is 1. The smallest absolute Gasteiger partial charge is 0.244 e. The molecule has 1 aliphatic rings. The van der Waals surface area contributed by atoms with Gasteiger partial charge in [-0.05, 0) is 36.5 Å². The van der Waals surface area contributed by atoms with Gasteiger partial charge in [0, 0.05) is 6.04 Å². The molecule has 2 rings (SSSR count). The van der Waals surface area contributed by atoms with Crippen LogP contribution in [0.25, 0.3) is 0 Å². The van der Waals surface area contributed by atoms with Gasteiger partial charge in [0.05, 0.1) is 13.7 Å². The van der Waals surface area contributed by atoms with E-state index in [0.29, 0.717) is 17.2 Å². The molecule has 0 saturated heterocycles. The molecule has 0 aliphatic heterocycles. The number of aliphatic hydroxyl groups is 1. The number of hydrogen-bond acceptors (Lipinski definition) is 4. The number of ether oxygens (including phenoxy) is 1. The lowest BCUT2D eigenvalue weighted by Crippen LogP contribution is -2.36. The van der Waals surface area contributed by atoms with Crippen LogP contribution in [0.4, 0.5) is 0 Å². The third kappa shape index (κ3) is 3.13. The molecule has 112 valence electrons. The standard InChI is InChI=1S/C14H21NO4S/c1-10-4-3-5-12(10)15-20(17,18)14-8-11(9-16)6-7-13(14)19-2/h6-8,10,12,15-16H,3-5,9H2,1-2H3. The summed E-state index contributed by atoms with van der Waals surface area (Å²) in [6.45, 7) is 1.86. The largest absolute Gasteiger partial charge is 0.495 e. The van der Waals surface area contributed by atoms with E-state index in [2.05, 4.69) is 11.6 Å². The summed E-state index contributed by atoms with van der Waals surface area (Å²) in [7, 11) is -2.20. The van der Waals surface area contributed by atoms with Crippen molar-refractivity contribution in [2.24, 2.45) is 5.92 Å². The fourth-order valence-electron chi connectivity index (χ4n) is 2.61. The first-order valence-corrected chi connectivity index (χ1v) is 8.26. The number of rotatable bonds is 5. The summed E-state index contributed by atoms with van der Waals surface area (Å²) in [4.78, 5) is 0.0886. The SMILES string of the molecule is COc1ccc(CO)cc1S(=O)(=O)NC1CCCC1C. The molecule has 1 saturated carbocycles. The summed E-state index contributed by atoms with van der Waals surface area (Å²) in [5.41, 5.74) is 0.547. The van der Waals surface area contributed by atoms with E-state index >= 15 is 0 Å².